The van der Waals surface area contributed by atoms with E-state index >= 15 is 0 Å². The van der Waals surface area contributed by atoms with Gasteiger partial charge in [0.1, 0.15) is 18.2 Å². The minimum atomic E-state index is -4.98. The monoisotopic (exact) mass is 544 g/mol. The maximum atomic E-state index is 13.5. The second-order valence-corrected chi connectivity index (χ2v) is 8.92. The highest BCUT2D eigenvalue weighted by Gasteiger charge is 2.55. The van der Waals surface area contributed by atoms with Crippen LogP contribution in [0.4, 0.5) is 26.3 Å². The number of ether oxygens (including phenoxy) is 1. The molecule has 0 fully saturated rings. The van der Waals surface area contributed by atoms with Gasteiger partial charge in [-0.1, -0.05) is 24.3 Å². The van der Waals surface area contributed by atoms with Gasteiger partial charge in [0.2, 0.25) is 0 Å². The number of carbonyl (C=O) groups excluding carboxylic acids is 1. The number of aliphatic hydroxyl groups is 1. The molecule has 1 heterocycles. The Morgan fingerprint density at radius 3 is 2.11 bits per heavy atom. The smallest absolute Gasteiger partial charge is 0.416 e. The van der Waals surface area contributed by atoms with E-state index in [1.807, 2.05) is 5.32 Å². The lowest BCUT2D eigenvalue weighted by Crippen LogP contribution is -2.56. The van der Waals surface area contributed by atoms with Crippen LogP contribution in [0.15, 0.2) is 48.5 Å². The van der Waals surface area contributed by atoms with E-state index < -0.39 is 47.9 Å². The molecule has 0 unspecified atom stereocenters. The van der Waals surface area contributed by atoms with Gasteiger partial charge in [-0.3, -0.25) is 4.79 Å². The van der Waals surface area contributed by atoms with Crippen molar-refractivity contribution in [2.45, 2.75) is 45.5 Å². The minimum Gasteiger partial charge on any atom is -0.486 e. The van der Waals surface area contributed by atoms with Gasteiger partial charge in [-0.05, 0) is 43.7 Å². The third kappa shape index (κ3) is 5.98. The lowest BCUT2D eigenvalue weighted by molar-refractivity contribution is -0.223. The van der Waals surface area contributed by atoms with Crippen LogP contribution in [0.3, 0.4) is 0 Å². The van der Waals surface area contributed by atoms with Gasteiger partial charge in [-0.15, -0.1) is 0 Å². The molecule has 1 aromatic heterocycles. The molecule has 1 atom stereocenters. The first-order valence-corrected chi connectivity index (χ1v) is 11.0. The van der Waals surface area contributed by atoms with Crippen LogP contribution in [0.5, 0.6) is 5.75 Å². The molecule has 0 saturated carbocycles. The first-order valence-electron chi connectivity index (χ1n) is 11.0. The van der Waals surface area contributed by atoms with Crippen LogP contribution < -0.4 is 10.1 Å². The van der Waals surface area contributed by atoms with Crippen molar-refractivity contribution in [1.29, 1.82) is 0 Å². The number of carbonyl (C=O) groups is 2. The van der Waals surface area contributed by atoms with Crippen LogP contribution in [0.25, 0.3) is 10.9 Å². The number of aromatic nitrogens is 1. The van der Waals surface area contributed by atoms with E-state index in [1.54, 1.807) is 0 Å². The number of alkyl halides is 6. The molecule has 2 aromatic carbocycles. The average Bonchev–Trinajstić information content (AvgIpc) is 2.83. The van der Waals surface area contributed by atoms with Crippen molar-refractivity contribution in [3.8, 4) is 5.75 Å². The van der Waals surface area contributed by atoms with Crippen molar-refractivity contribution >= 4 is 22.8 Å². The second-order valence-electron chi connectivity index (χ2n) is 8.92. The van der Waals surface area contributed by atoms with E-state index in [0.717, 1.165) is 24.3 Å². The molecule has 3 rings (SSSR count). The fourth-order valence-electron chi connectivity index (χ4n) is 3.48. The Bertz CT molecular complexity index is 1340. The summed E-state index contributed by atoms with van der Waals surface area (Å²) < 4.78 is 84.9. The molecule has 7 nitrogen and oxygen atoms in total. The summed E-state index contributed by atoms with van der Waals surface area (Å²) in [7, 11) is 0. The van der Waals surface area contributed by atoms with E-state index in [4.69, 9.17) is 4.74 Å². The summed E-state index contributed by atoms with van der Waals surface area (Å²) in [5, 5.41) is 21.2. The number of carboxylic acids is 1. The predicted molar refractivity (Wildman–Crippen MR) is 122 cm³/mol. The number of hydrogen-bond donors (Lipinski definition) is 3. The Balaban J connectivity index is 2.03. The maximum absolute atomic E-state index is 13.5. The number of aliphatic hydroxyl groups excluding tert-OH is 1. The molecule has 204 valence electrons. The number of fused-ring (bicyclic) bond motifs is 1. The molecule has 38 heavy (non-hydrogen) atoms. The summed E-state index contributed by atoms with van der Waals surface area (Å²) in [6, 6.07) is 7.18. The Morgan fingerprint density at radius 1 is 0.974 bits per heavy atom. The normalized spacial score (nSPS) is 13.3. The molecule has 0 aliphatic rings. The molecule has 0 radical (unpaired) electrons. The van der Waals surface area contributed by atoms with Crippen molar-refractivity contribution in [3.63, 3.8) is 0 Å². The van der Waals surface area contributed by atoms with E-state index in [1.165, 1.54) is 24.3 Å². The number of carboxylic acid groups (broad SMARTS) is 1. The number of nitrogens with one attached hydrogen (secondary N) is 1. The molecule has 0 saturated heterocycles. The fourth-order valence-corrected chi connectivity index (χ4v) is 3.48. The zero-order valence-corrected chi connectivity index (χ0v) is 19.9. The Morgan fingerprint density at radius 2 is 1.58 bits per heavy atom. The Kier molecular flexibility index (Phi) is 7.91. The first-order chi connectivity index (χ1) is 17.6. The van der Waals surface area contributed by atoms with Crippen LogP contribution >= 0.6 is 0 Å². The van der Waals surface area contributed by atoms with Gasteiger partial charge in [-0.2, -0.15) is 26.3 Å². The van der Waals surface area contributed by atoms with Crippen molar-refractivity contribution < 1.29 is 50.9 Å². The van der Waals surface area contributed by atoms with Gasteiger partial charge in [0, 0.05) is 5.39 Å². The Hall–Kier alpha value is -3.87. The number of halogens is 6. The van der Waals surface area contributed by atoms with Crippen LogP contribution in [0.2, 0.25) is 0 Å². The van der Waals surface area contributed by atoms with Crippen molar-refractivity contribution in [3.05, 3.63) is 70.9 Å². The van der Waals surface area contributed by atoms with E-state index in [9.17, 15) is 46.1 Å². The molecular formula is C25H22F6N2O5. The third-order valence-electron chi connectivity index (χ3n) is 5.92. The van der Waals surface area contributed by atoms with Crippen molar-refractivity contribution in [2.24, 2.45) is 5.41 Å². The standard InChI is InChI=1S/C25H22F6N2O5/c1-23(2,25(29,30)31)20(22(36)37)33-21(35)17-10-6-14-5-9-16(11-34)32-18(14)19(17)38-12-13-3-7-15(8-4-13)24(26,27)28/h3-10,20,34H,11-12H2,1-2H3,(H,33,35)(H,36,37)/t20-/m1/s1. The lowest BCUT2D eigenvalue weighted by Gasteiger charge is -2.33. The zero-order valence-electron chi connectivity index (χ0n) is 19.9. The van der Waals surface area contributed by atoms with E-state index in [2.05, 4.69) is 4.98 Å². The SMILES string of the molecule is CC(C)([C@H](NC(=O)c1ccc2ccc(CO)nc2c1OCc1ccc(C(F)(F)F)cc1)C(=O)O)C(F)(F)F. The highest BCUT2D eigenvalue weighted by Crippen LogP contribution is 2.41. The van der Waals surface area contributed by atoms with Crippen molar-refractivity contribution in [2.75, 3.05) is 0 Å². The Labute approximate surface area is 212 Å². The highest BCUT2D eigenvalue weighted by molar-refractivity contribution is 6.04. The van der Waals surface area contributed by atoms with E-state index in [0.29, 0.717) is 19.2 Å². The van der Waals surface area contributed by atoms with Gasteiger partial charge in [0.15, 0.2) is 5.75 Å². The van der Waals surface area contributed by atoms with Crippen LogP contribution in [-0.2, 0) is 24.2 Å². The lowest BCUT2D eigenvalue weighted by atomic mass is 9.83. The van der Waals surface area contributed by atoms with Crippen LogP contribution in [0.1, 0.15) is 41.0 Å². The van der Waals surface area contributed by atoms with Gasteiger partial charge >= 0.3 is 18.3 Å². The number of amides is 1. The molecular weight excluding hydrogens is 522 g/mol. The third-order valence-corrected chi connectivity index (χ3v) is 5.92. The largest absolute Gasteiger partial charge is 0.486 e. The average molecular weight is 544 g/mol. The van der Waals surface area contributed by atoms with Gasteiger partial charge in [0.25, 0.3) is 5.91 Å². The molecule has 0 aliphatic carbocycles. The molecule has 0 aliphatic heterocycles. The second kappa shape index (κ2) is 10.5. The molecule has 0 bridgehead atoms. The fraction of sp³-hybridized carbons (Fsp3) is 0.320. The molecule has 3 aromatic rings. The summed E-state index contributed by atoms with van der Waals surface area (Å²) >= 11 is 0. The molecule has 1 amide bonds. The number of rotatable bonds is 8. The highest BCUT2D eigenvalue weighted by atomic mass is 19.4. The number of pyridine rings is 1. The topological polar surface area (TPSA) is 109 Å². The number of benzene rings is 2. The molecule has 13 heteroatoms. The summed E-state index contributed by atoms with van der Waals surface area (Å²) in [5.74, 6) is -3.39. The first kappa shape index (κ1) is 28.7. The summed E-state index contributed by atoms with van der Waals surface area (Å²) in [5.41, 5.74) is -3.66. The van der Waals surface area contributed by atoms with Gasteiger partial charge in [0.05, 0.1) is 28.8 Å². The summed E-state index contributed by atoms with van der Waals surface area (Å²) in [4.78, 5) is 29.0. The van der Waals surface area contributed by atoms with E-state index in [-0.39, 0.29) is 34.7 Å². The zero-order chi connectivity index (χ0) is 28.5. The number of nitrogens with zero attached hydrogens (tertiary/aromatic N) is 1. The van der Waals surface area contributed by atoms with Gasteiger partial charge < -0.3 is 20.3 Å². The van der Waals surface area contributed by atoms with Crippen molar-refractivity contribution in [1.82, 2.24) is 10.3 Å². The molecule has 0 spiro atoms. The van der Waals surface area contributed by atoms with Crippen LogP contribution in [0, 0.1) is 5.41 Å². The number of hydrogen-bond acceptors (Lipinski definition) is 5. The summed E-state index contributed by atoms with van der Waals surface area (Å²) in [6.07, 6.45) is -9.54. The van der Waals surface area contributed by atoms with Gasteiger partial charge in [-0.25, -0.2) is 9.78 Å². The maximum Gasteiger partial charge on any atom is 0.416 e. The van der Waals surface area contributed by atoms with Crippen LogP contribution in [-0.4, -0.2) is 39.3 Å². The number of aliphatic carboxylic acids is 1. The summed E-state index contributed by atoms with van der Waals surface area (Å²) in [6.45, 7) is 0.400. The quantitative estimate of drug-likeness (QED) is 0.341. The minimum absolute atomic E-state index is 0.0260. The predicted octanol–water partition coefficient (Wildman–Crippen LogP) is 5.10. The molecule has 3 N–H and O–H groups in total.